The summed E-state index contributed by atoms with van der Waals surface area (Å²) in [5.74, 6) is 1.10. The van der Waals surface area contributed by atoms with Gasteiger partial charge in [0.15, 0.2) is 0 Å². The smallest absolute Gasteiger partial charge is 0.0847 e. The topological polar surface area (TPSA) is 44.3 Å². The van der Waals surface area contributed by atoms with Crippen LogP contribution in [-0.2, 0) is 0 Å². The van der Waals surface area contributed by atoms with E-state index in [1.807, 2.05) is 18.2 Å². The van der Waals surface area contributed by atoms with Gasteiger partial charge < -0.3 is 15.7 Å². The summed E-state index contributed by atoms with van der Waals surface area (Å²) in [6, 6.07) is 8.06. The molecule has 0 aromatic heterocycles. The fourth-order valence-corrected chi connectivity index (χ4v) is 1.76. The number of rotatable bonds is 7. The Hall–Kier alpha value is -0.930. The lowest BCUT2D eigenvalue weighted by Crippen LogP contribution is -2.21. The Morgan fingerprint density at radius 2 is 1.88 bits per heavy atom. The zero-order valence-electron chi connectivity index (χ0n) is 9.82. The van der Waals surface area contributed by atoms with Crippen molar-refractivity contribution in [3.63, 3.8) is 0 Å². The molecule has 0 saturated heterocycles. The van der Waals surface area contributed by atoms with Crippen LogP contribution in [0.5, 0.6) is 0 Å². The molecule has 4 heteroatoms. The summed E-state index contributed by atoms with van der Waals surface area (Å²) in [5.41, 5.74) is 2.12. The highest BCUT2D eigenvalue weighted by Gasteiger charge is 2.20. The van der Waals surface area contributed by atoms with Gasteiger partial charge in [-0.1, -0.05) is 12.1 Å². The Kier molecular flexibility index (Phi) is 4.51. The van der Waals surface area contributed by atoms with Crippen LogP contribution in [0.15, 0.2) is 24.3 Å². The van der Waals surface area contributed by atoms with Gasteiger partial charge in [-0.3, -0.25) is 0 Å². The number of halogens is 1. The zero-order valence-corrected chi connectivity index (χ0v) is 10.6. The van der Waals surface area contributed by atoms with Gasteiger partial charge in [0.1, 0.15) is 0 Å². The van der Waals surface area contributed by atoms with Crippen molar-refractivity contribution in [2.75, 3.05) is 29.6 Å². The minimum Gasteiger partial charge on any atom is -0.390 e. The average Bonchev–Trinajstić information content (AvgIpc) is 3.18. The number of aliphatic hydroxyl groups is 1. The molecule has 0 heterocycles. The molecule has 0 spiro atoms. The summed E-state index contributed by atoms with van der Waals surface area (Å²) < 4.78 is 0. The van der Waals surface area contributed by atoms with E-state index in [0.717, 1.165) is 23.8 Å². The second kappa shape index (κ2) is 6.12. The van der Waals surface area contributed by atoms with E-state index in [0.29, 0.717) is 6.54 Å². The molecule has 2 rings (SSSR count). The Labute approximate surface area is 107 Å². The van der Waals surface area contributed by atoms with Crippen molar-refractivity contribution in [1.82, 2.24) is 0 Å². The number of hydrogen-bond donors (Lipinski definition) is 3. The van der Waals surface area contributed by atoms with E-state index in [9.17, 15) is 5.11 Å². The highest BCUT2D eigenvalue weighted by atomic mass is 35.5. The van der Waals surface area contributed by atoms with E-state index in [4.69, 9.17) is 11.6 Å². The number of alkyl halides is 1. The number of anilines is 2. The van der Waals surface area contributed by atoms with Crippen LogP contribution in [0.25, 0.3) is 0 Å². The summed E-state index contributed by atoms with van der Waals surface area (Å²) in [6.45, 7) is 1.52. The maximum absolute atomic E-state index is 9.42. The van der Waals surface area contributed by atoms with Gasteiger partial charge in [-0.05, 0) is 30.9 Å². The molecule has 3 N–H and O–H groups in total. The highest BCUT2D eigenvalue weighted by molar-refractivity contribution is 6.18. The summed E-state index contributed by atoms with van der Waals surface area (Å²) in [7, 11) is 0. The first-order chi connectivity index (χ1) is 8.29. The number of nitrogens with one attached hydrogen (secondary N) is 2. The molecular formula is C13H19ClN2O. The normalized spacial score (nSPS) is 16.6. The maximum atomic E-state index is 9.42. The Morgan fingerprint density at radius 1 is 1.24 bits per heavy atom. The molecule has 17 heavy (non-hydrogen) atoms. The third-order valence-corrected chi connectivity index (χ3v) is 3.27. The van der Waals surface area contributed by atoms with Gasteiger partial charge in [-0.25, -0.2) is 0 Å². The van der Waals surface area contributed by atoms with Gasteiger partial charge in [0.2, 0.25) is 0 Å². The predicted octanol–water partition coefficient (Wildman–Crippen LogP) is 2.52. The van der Waals surface area contributed by atoms with Crippen LogP contribution in [0.1, 0.15) is 12.8 Å². The van der Waals surface area contributed by atoms with E-state index >= 15 is 0 Å². The largest absolute Gasteiger partial charge is 0.390 e. The van der Waals surface area contributed by atoms with E-state index in [-0.39, 0.29) is 5.88 Å². The van der Waals surface area contributed by atoms with Gasteiger partial charge in [0.05, 0.1) is 23.4 Å². The second-order valence-electron chi connectivity index (χ2n) is 4.56. The first-order valence-corrected chi connectivity index (χ1v) is 6.64. The molecule has 0 amide bonds. The Bertz CT molecular complexity index is 355. The Balaban J connectivity index is 1.89. The van der Waals surface area contributed by atoms with Crippen molar-refractivity contribution in [2.24, 2.45) is 5.92 Å². The monoisotopic (exact) mass is 254 g/mol. The molecule has 3 nitrogen and oxygen atoms in total. The molecule has 1 saturated carbocycles. The van der Waals surface area contributed by atoms with Crippen LogP contribution in [-0.4, -0.2) is 30.2 Å². The molecular weight excluding hydrogens is 236 g/mol. The second-order valence-corrected chi connectivity index (χ2v) is 4.87. The van der Waals surface area contributed by atoms with Crippen molar-refractivity contribution in [1.29, 1.82) is 0 Å². The molecule has 94 valence electrons. The third kappa shape index (κ3) is 4.10. The summed E-state index contributed by atoms with van der Waals surface area (Å²) in [5, 5.41) is 16.1. The van der Waals surface area contributed by atoms with E-state index in [2.05, 4.69) is 16.7 Å². The number of para-hydroxylation sites is 2. The molecule has 0 bridgehead atoms. The predicted molar refractivity (Wildman–Crippen MR) is 72.9 cm³/mol. The number of benzene rings is 1. The average molecular weight is 255 g/mol. The van der Waals surface area contributed by atoms with Crippen LogP contribution in [0.4, 0.5) is 11.4 Å². The summed E-state index contributed by atoms with van der Waals surface area (Å²) in [4.78, 5) is 0. The lowest BCUT2D eigenvalue weighted by Gasteiger charge is -2.15. The molecule has 1 aromatic carbocycles. The highest BCUT2D eigenvalue weighted by Crippen LogP contribution is 2.30. The zero-order chi connectivity index (χ0) is 12.1. The lowest BCUT2D eigenvalue weighted by atomic mass is 10.2. The molecule has 1 fully saturated rings. The summed E-state index contributed by atoms with van der Waals surface area (Å²) in [6.07, 6.45) is 2.18. The number of aliphatic hydroxyl groups excluding tert-OH is 1. The molecule has 1 aliphatic carbocycles. The molecule has 1 atom stereocenters. The van der Waals surface area contributed by atoms with Gasteiger partial charge in [-0.15, -0.1) is 11.6 Å². The SMILES string of the molecule is OC(CCl)CNc1ccccc1NCC1CC1. The first-order valence-electron chi connectivity index (χ1n) is 6.10. The molecule has 0 radical (unpaired) electrons. The van der Waals surface area contributed by atoms with Crippen molar-refractivity contribution in [3.05, 3.63) is 24.3 Å². The maximum Gasteiger partial charge on any atom is 0.0847 e. The van der Waals surface area contributed by atoms with Crippen LogP contribution in [0.2, 0.25) is 0 Å². The van der Waals surface area contributed by atoms with E-state index in [1.165, 1.54) is 12.8 Å². The number of hydrogen-bond acceptors (Lipinski definition) is 3. The van der Waals surface area contributed by atoms with E-state index < -0.39 is 6.10 Å². The molecule has 1 aliphatic rings. The molecule has 1 unspecified atom stereocenters. The van der Waals surface area contributed by atoms with Crippen molar-refractivity contribution < 1.29 is 5.11 Å². The van der Waals surface area contributed by atoms with E-state index in [1.54, 1.807) is 0 Å². The van der Waals surface area contributed by atoms with Gasteiger partial charge in [0.25, 0.3) is 0 Å². The third-order valence-electron chi connectivity index (χ3n) is 2.91. The minimum atomic E-state index is -0.506. The van der Waals surface area contributed by atoms with Crippen LogP contribution in [0, 0.1) is 5.92 Å². The van der Waals surface area contributed by atoms with Crippen LogP contribution < -0.4 is 10.6 Å². The summed E-state index contributed by atoms with van der Waals surface area (Å²) >= 11 is 5.56. The quantitative estimate of drug-likeness (QED) is 0.655. The van der Waals surface area contributed by atoms with Crippen molar-refractivity contribution in [3.8, 4) is 0 Å². The van der Waals surface area contributed by atoms with Crippen molar-refractivity contribution >= 4 is 23.0 Å². The molecule has 1 aromatic rings. The standard InChI is InChI=1S/C13H19ClN2O/c14-7-11(17)9-16-13-4-2-1-3-12(13)15-8-10-5-6-10/h1-4,10-11,15-17H,5-9H2. The fraction of sp³-hybridized carbons (Fsp3) is 0.538. The lowest BCUT2D eigenvalue weighted by molar-refractivity contribution is 0.211. The first kappa shape index (κ1) is 12.5. The Morgan fingerprint density at radius 3 is 2.47 bits per heavy atom. The van der Waals surface area contributed by atoms with Gasteiger partial charge in [0, 0.05) is 13.1 Å². The minimum absolute atomic E-state index is 0.255. The van der Waals surface area contributed by atoms with Gasteiger partial charge >= 0.3 is 0 Å². The van der Waals surface area contributed by atoms with Crippen LogP contribution in [0.3, 0.4) is 0 Å². The van der Waals surface area contributed by atoms with Crippen molar-refractivity contribution in [2.45, 2.75) is 18.9 Å². The molecule has 0 aliphatic heterocycles. The van der Waals surface area contributed by atoms with Crippen LogP contribution >= 0.6 is 11.6 Å². The van der Waals surface area contributed by atoms with Gasteiger partial charge in [-0.2, -0.15) is 0 Å². The fourth-order valence-electron chi connectivity index (χ4n) is 1.65.